The highest BCUT2D eigenvalue weighted by molar-refractivity contribution is 6.17. The molecule has 21 nitrogen and oxygen atoms in total. The summed E-state index contributed by atoms with van der Waals surface area (Å²) in [4.78, 5) is 42.9. The molecule has 2 aromatic carbocycles. The van der Waals surface area contributed by atoms with E-state index in [2.05, 4.69) is 45.4 Å². The summed E-state index contributed by atoms with van der Waals surface area (Å²) in [6.45, 7) is 9.43. The summed E-state index contributed by atoms with van der Waals surface area (Å²) in [6, 6.07) is 12.8. The first-order valence-electron chi connectivity index (χ1n) is 20.9. The van der Waals surface area contributed by atoms with Crippen LogP contribution in [0.4, 0.5) is 22.0 Å². The minimum atomic E-state index is -0.325. The average Bonchev–Trinajstić information content (AvgIpc) is 3.60. The van der Waals surface area contributed by atoms with Crippen molar-refractivity contribution in [1.29, 1.82) is 0 Å². The summed E-state index contributed by atoms with van der Waals surface area (Å²) < 4.78 is 28.8. The quantitative estimate of drug-likeness (QED) is 0.178. The molecule has 0 atom stereocenters. The Morgan fingerprint density at radius 3 is 2.05 bits per heavy atom. The number of hydrogen-bond acceptors (Lipinski definition) is 15. The van der Waals surface area contributed by atoms with Crippen molar-refractivity contribution in [3.63, 3.8) is 0 Å². The molecule has 11 rings (SSSR count). The van der Waals surface area contributed by atoms with E-state index in [4.69, 9.17) is 27.6 Å². The largest absolute Gasteiger partial charge is 0.369 e. The summed E-state index contributed by atoms with van der Waals surface area (Å²) in [5.41, 5.74) is 17.1. The summed E-state index contributed by atoms with van der Waals surface area (Å²) >= 11 is 5.79. The van der Waals surface area contributed by atoms with Gasteiger partial charge in [-0.05, 0) is 49.4 Å². The summed E-state index contributed by atoms with van der Waals surface area (Å²) in [5.74, 6) is 1.75. The molecule has 64 heavy (non-hydrogen) atoms. The molecule has 2 aliphatic rings. The van der Waals surface area contributed by atoms with Crippen LogP contribution < -0.4 is 27.7 Å². The van der Waals surface area contributed by atoms with Crippen molar-refractivity contribution < 1.29 is 8.91 Å². The Labute approximate surface area is 367 Å². The highest BCUT2D eigenvalue weighted by atomic mass is 35.5. The zero-order chi connectivity index (χ0) is 44.2. The summed E-state index contributed by atoms with van der Waals surface area (Å²) in [7, 11) is 0. The number of piperazine rings is 1. The van der Waals surface area contributed by atoms with Crippen LogP contribution in [0.5, 0.6) is 0 Å². The molecule has 0 unspecified atom stereocenters. The van der Waals surface area contributed by atoms with E-state index in [1.54, 1.807) is 40.8 Å². The molecule has 0 radical (unpaired) electrons. The third kappa shape index (κ3) is 7.67. The fraction of sp³-hybridized carbons (Fsp3) is 0.366. The molecule has 1 saturated heterocycles. The minimum Gasteiger partial charge on any atom is -0.369 e. The number of rotatable bonds is 11. The molecule has 1 aliphatic heterocycles. The number of benzene rings is 2. The van der Waals surface area contributed by atoms with E-state index in [9.17, 15) is 14.0 Å². The molecular formula is C41H44ClFN18O3. The Morgan fingerprint density at radius 2 is 1.42 bits per heavy atom. The van der Waals surface area contributed by atoms with Gasteiger partial charge >= 0.3 is 11.4 Å². The summed E-state index contributed by atoms with van der Waals surface area (Å²) in [6.07, 6.45) is 5.57. The van der Waals surface area contributed by atoms with Gasteiger partial charge in [-0.3, -0.25) is 4.90 Å². The van der Waals surface area contributed by atoms with Gasteiger partial charge in [0.2, 0.25) is 23.6 Å². The van der Waals surface area contributed by atoms with Gasteiger partial charge in [0.25, 0.3) is 0 Å². The van der Waals surface area contributed by atoms with Crippen LogP contribution in [0.1, 0.15) is 29.9 Å². The molecule has 0 amide bonds. The Kier molecular flexibility index (Phi) is 10.5. The number of halogens is 2. The van der Waals surface area contributed by atoms with Gasteiger partial charge in [-0.1, -0.05) is 35.0 Å². The normalized spacial score (nSPS) is 14.7. The van der Waals surface area contributed by atoms with Crippen molar-refractivity contribution >= 4 is 62.5 Å². The molecule has 9 aromatic rings. The molecule has 0 bridgehead atoms. The molecule has 330 valence electrons. The minimum absolute atomic E-state index is 0.0827. The standard InChI is InChI=1S/C25H28FN11O2.C16H16ClN7O/c1-15-29-21(32-39-15)17-4-5-19(26)20(12-17)34-9-6-33(7-10-34)8-11-35-22-18(13-28-35)23-31-36(14-16-2-3-16)25(38)37(23)24(27)30-22;1-10-3-2-4-11(7-10)9-23-16(25)24-14(21-23)12-8-19-22(6-5-17)13(12)20-15(24)18/h4-5,12-13,16H,2-3,6-11,14H2,1H3,(H2,27,30);2-4,7-8H,5-6,9H2,1H3,(H2,18,20). The van der Waals surface area contributed by atoms with Crippen LogP contribution >= 0.6 is 11.6 Å². The van der Waals surface area contributed by atoms with Gasteiger partial charge in [-0.15, -0.1) is 21.8 Å². The van der Waals surface area contributed by atoms with E-state index in [-0.39, 0.29) is 29.1 Å². The van der Waals surface area contributed by atoms with Gasteiger partial charge < -0.3 is 20.9 Å². The lowest BCUT2D eigenvalue weighted by molar-refractivity contribution is 0.245. The molecule has 1 saturated carbocycles. The van der Waals surface area contributed by atoms with Crippen LogP contribution in [0, 0.1) is 25.6 Å². The van der Waals surface area contributed by atoms with Gasteiger partial charge in [-0.2, -0.15) is 25.1 Å². The molecule has 0 spiro atoms. The van der Waals surface area contributed by atoms with Crippen molar-refractivity contribution in [1.82, 2.24) is 72.9 Å². The maximum atomic E-state index is 14.7. The van der Waals surface area contributed by atoms with Crippen molar-refractivity contribution in [3.05, 3.63) is 98.7 Å². The third-order valence-electron chi connectivity index (χ3n) is 11.6. The van der Waals surface area contributed by atoms with E-state index in [1.165, 1.54) is 24.2 Å². The number of nitrogens with zero attached hydrogens (tertiary/aromatic N) is 16. The first kappa shape index (κ1) is 40.8. The van der Waals surface area contributed by atoms with Crippen LogP contribution in [-0.2, 0) is 26.2 Å². The van der Waals surface area contributed by atoms with Crippen molar-refractivity contribution in [2.45, 2.75) is 52.9 Å². The lowest BCUT2D eigenvalue weighted by atomic mass is 10.1. The highest BCUT2D eigenvalue weighted by Gasteiger charge is 2.26. The maximum absolute atomic E-state index is 14.7. The molecule has 8 heterocycles. The number of hydrogen-bond donors (Lipinski definition) is 2. The fourth-order valence-corrected chi connectivity index (χ4v) is 8.28. The van der Waals surface area contributed by atoms with Crippen molar-refractivity contribution in [3.8, 4) is 11.4 Å². The Morgan fingerprint density at radius 1 is 0.766 bits per heavy atom. The lowest BCUT2D eigenvalue weighted by Crippen LogP contribution is -2.47. The number of aromatic nitrogens is 14. The monoisotopic (exact) mass is 890 g/mol. The Balaban J connectivity index is 0.000000167. The topological polar surface area (TPSA) is 237 Å². The first-order chi connectivity index (χ1) is 31.0. The van der Waals surface area contributed by atoms with Gasteiger partial charge in [0.15, 0.2) is 22.6 Å². The van der Waals surface area contributed by atoms with Gasteiger partial charge in [-0.25, -0.2) is 41.5 Å². The molecule has 7 aromatic heterocycles. The van der Waals surface area contributed by atoms with Crippen LogP contribution in [0.25, 0.3) is 44.7 Å². The molecule has 1 aliphatic carbocycles. The van der Waals surface area contributed by atoms with Crippen molar-refractivity contribution in [2.24, 2.45) is 5.92 Å². The van der Waals surface area contributed by atoms with Gasteiger partial charge in [0.05, 0.1) is 48.5 Å². The predicted molar refractivity (Wildman–Crippen MR) is 237 cm³/mol. The second-order valence-electron chi connectivity index (χ2n) is 16.1. The number of aryl methyl sites for hydroxylation is 3. The first-order valence-corrected chi connectivity index (χ1v) is 21.5. The van der Waals surface area contributed by atoms with Gasteiger partial charge in [0.1, 0.15) is 5.82 Å². The number of nitrogens with two attached hydrogens (primary N) is 2. The molecule has 23 heteroatoms. The predicted octanol–water partition coefficient (Wildman–Crippen LogP) is 2.97. The van der Waals surface area contributed by atoms with E-state index in [1.807, 2.05) is 36.1 Å². The van der Waals surface area contributed by atoms with E-state index in [0.29, 0.717) is 102 Å². The SMILES string of the molecule is Cc1cccc(Cn2nc3c4cnn(CCCl)c4nc(N)n3c2=O)c1.Cc1nc(-c2ccc(F)c(N3CCN(CCn4ncc5c4nc(N)n4c(=O)n(CC6CC6)nc54)CC3)c2)no1. The van der Waals surface area contributed by atoms with Gasteiger partial charge in [0, 0.05) is 57.6 Å². The summed E-state index contributed by atoms with van der Waals surface area (Å²) in [5, 5.41) is 23.1. The maximum Gasteiger partial charge on any atom is 0.353 e. The smallest absolute Gasteiger partial charge is 0.353 e. The zero-order valence-corrected chi connectivity index (χ0v) is 35.8. The number of anilines is 3. The van der Waals surface area contributed by atoms with Crippen LogP contribution in [0.3, 0.4) is 0 Å². The van der Waals surface area contributed by atoms with E-state index in [0.717, 1.165) is 49.2 Å². The second kappa shape index (κ2) is 16.5. The molecular weight excluding hydrogens is 847 g/mol. The Hall–Kier alpha value is -7.20. The average molecular weight is 891 g/mol. The van der Waals surface area contributed by atoms with Crippen molar-refractivity contribution in [2.75, 3.05) is 55.0 Å². The Bertz CT molecular complexity index is 3310. The van der Waals surface area contributed by atoms with Crippen LogP contribution in [-0.4, -0.2) is 112 Å². The number of nitrogen functional groups attached to an aromatic ring is 2. The van der Waals surface area contributed by atoms with E-state index < -0.39 is 0 Å². The van der Waals surface area contributed by atoms with E-state index >= 15 is 0 Å². The second-order valence-corrected chi connectivity index (χ2v) is 16.5. The number of fused-ring (bicyclic) bond motifs is 6. The fourth-order valence-electron chi connectivity index (χ4n) is 8.12. The number of alkyl halides is 1. The third-order valence-corrected chi connectivity index (χ3v) is 11.8. The lowest BCUT2D eigenvalue weighted by Gasteiger charge is -2.36. The van der Waals surface area contributed by atoms with Crippen LogP contribution in [0.2, 0.25) is 0 Å². The highest BCUT2D eigenvalue weighted by Crippen LogP contribution is 2.30. The zero-order valence-electron chi connectivity index (χ0n) is 35.0. The molecule has 4 N–H and O–H groups in total. The molecule has 2 fully saturated rings. The van der Waals surface area contributed by atoms with Crippen LogP contribution in [0.15, 0.2) is 69.0 Å².